The van der Waals surface area contributed by atoms with Gasteiger partial charge in [0.05, 0.1) is 12.0 Å². The Kier molecular flexibility index (Phi) is 8.14. The second-order valence-corrected chi connectivity index (χ2v) is 9.54. The number of carbonyl (C=O) groups excluding carboxylic acids is 1. The zero-order valence-electron chi connectivity index (χ0n) is 21.0. The highest BCUT2D eigenvalue weighted by atomic mass is 16.5. The van der Waals surface area contributed by atoms with E-state index in [1.807, 2.05) is 36.6 Å². The van der Waals surface area contributed by atoms with Crippen LogP contribution in [-0.4, -0.2) is 81.7 Å². The van der Waals surface area contributed by atoms with Crippen LogP contribution in [0.5, 0.6) is 11.6 Å². The van der Waals surface area contributed by atoms with Gasteiger partial charge in [-0.05, 0) is 57.1 Å². The van der Waals surface area contributed by atoms with Crippen molar-refractivity contribution in [3.05, 3.63) is 60.6 Å². The van der Waals surface area contributed by atoms with E-state index < -0.39 is 5.60 Å². The number of fused-ring (bicyclic) bond motifs is 1. The number of pyridine rings is 1. The maximum absolute atomic E-state index is 9.58. The summed E-state index contributed by atoms with van der Waals surface area (Å²) in [4.78, 5) is 18.9. The van der Waals surface area contributed by atoms with Gasteiger partial charge in [-0.3, -0.25) is 5.10 Å². The third kappa shape index (κ3) is 7.00. The molecule has 36 heavy (non-hydrogen) atoms. The Hall–Kier alpha value is -3.53. The first-order valence-electron chi connectivity index (χ1n) is 12.0. The van der Waals surface area contributed by atoms with Gasteiger partial charge in [0.2, 0.25) is 5.88 Å². The van der Waals surface area contributed by atoms with Crippen molar-refractivity contribution >= 4 is 17.3 Å². The van der Waals surface area contributed by atoms with E-state index in [-0.39, 0.29) is 0 Å². The lowest BCUT2D eigenvalue weighted by Gasteiger charge is -2.32. The average Bonchev–Trinajstić information content (AvgIpc) is 3.54. The number of aldehydes is 1. The van der Waals surface area contributed by atoms with Crippen LogP contribution in [0.4, 0.5) is 0 Å². The number of nitrogens with one attached hydrogen (secondary N) is 1. The lowest BCUT2D eigenvalue weighted by Crippen LogP contribution is -2.45. The number of carbonyl (C=O) groups is 1. The van der Waals surface area contributed by atoms with Crippen molar-refractivity contribution in [1.82, 2.24) is 25.0 Å². The number of furan rings is 1. The fourth-order valence-corrected chi connectivity index (χ4v) is 3.81. The second-order valence-electron chi connectivity index (χ2n) is 9.54. The third-order valence-electron chi connectivity index (χ3n) is 5.98. The van der Waals surface area contributed by atoms with Crippen LogP contribution in [0.1, 0.15) is 19.4 Å². The molecule has 0 spiro atoms. The summed E-state index contributed by atoms with van der Waals surface area (Å²) in [6.07, 6.45) is 6.85. The van der Waals surface area contributed by atoms with Gasteiger partial charge in [0, 0.05) is 68.2 Å². The number of benzene rings is 1. The Balaban J connectivity index is 0.000000455. The van der Waals surface area contributed by atoms with Crippen molar-refractivity contribution in [3.63, 3.8) is 0 Å². The number of nitrogens with zero attached hydrogens (tertiary/aromatic N) is 4. The zero-order valence-corrected chi connectivity index (χ0v) is 21.0. The fraction of sp³-hybridized carbons (Fsp3) is 0.370. The van der Waals surface area contributed by atoms with E-state index in [4.69, 9.17) is 14.3 Å². The van der Waals surface area contributed by atoms with Crippen LogP contribution in [0.2, 0.25) is 0 Å². The Labute approximate surface area is 210 Å². The molecular formula is C27H33N5O4. The van der Waals surface area contributed by atoms with E-state index in [2.05, 4.69) is 38.1 Å². The smallest absolute Gasteiger partial charge is 0.219 e. The molecule has 1 fully saturated rings. The monoisotopic (exact) mass is 491 g/mol. The summed E-state index contributed by atoms with van der Waals surface area (Å²) in [7, 11) is 2.18. The molecule has 1 aliphatic rings. The summed E-state index contributed by atoms with van der Waals surface area (Å²) in [5.41, 5.74) is 2.84. The van der Waals surface area contributed by atoms with E-state index in [0.717, 1.165) is 61.4 Å². The molecule has 2 N–H and O–H groups in total. The van der Waals surface area contributed by atoms with Gasteiger partial charge in [0.1, 0.15) is 16.9 Å². The second kappa shape index (κ2) is 11.5. The molecule has 9 heteroatoms. The first-order chi connectivity index (χ1) is 17.3. The van der Waals surface area contributed by atoms with Gasteiger partial charge < -0.3 is 28.9 Å². The molecule has 9 nitrogen and oxygen atoms in total. The maximum Gasteiger partial charge on any atom is 0.219 e. The lowest BCUT2D eigenvalue weighted by atomic mass is 10.1. The molecule has 0 amide bonds. The summed E-state index contributed by atoms with van der Waals surface area (Å²) >= 11 is 0. The number of piperazine rings is 1. The standard InChI is InChI=1S/C23H25N5O2.C4H8O2/c1-27-10-12-28(13-11-27)9-7-18-16-29-22-14-19(3-4-20(18)22)30-23-5-2-17(15-24-23)21-6-8-25-26-21;1-4(2,6)3-5/h2-6,8,14-16H,7,9-13H2,1H3,(H,25,26);3,6H,1-2H3. The predicted octanol–water partition coefficient (Wildman–Crippen LogP) is 3.76. The average molecular weight is 492 g/mol. The molecular weight excluding hydrogens is 458 g/mol. The molecule has 1 saturated heterocycles. The third-order valence-corrected chi connectivity index (χ3v) is 5.98. The molecule has 0 atom stereocenters. The Morgan fingerprint density at radius 1 is 1.17 bits per heavy atom. The molecule has 3 aromatic heterocycles. The van der Waals surface area contributed by atoms with E-state index >= 15 is 0 Å². The van der Waals surface area contributed by atoms with Gasteiger partial charge in [-0.15, -0.1) is 0 Å². The molecule has 4 heterocycles. The van der Waals surface area contributed by atoms with E-state index in [0.29, 0.717) is 17.9 Å². The normalized spacial score (nSPS) is 14.9. The van der Waals surface area contributed by atoms with Crippen molar-refractivity contribution in [2.45, 2.75) is 25.9 Å². The number of rotatable bonds is 7. The number of aromatic nitrogens is 3. The molecule has 0 radical (unpaired) electrons. The van der Waals surface area contributed by atoms with E-state index in [1.54, 1.807) is 12.4 Å². The minimum Gasteiger partial charge on any atom is -0.464 e. The van der Waals surface area contributed by atoms with Crippen LogP contribution in [0.3, 0.4) is 0 Å². The van der Waals surface area contributed by atoms with Crippen LogP contribution in [0.15, 0.2) is 59.5 Å². The van der Waals surface area contributed by atoms with Crippen molar-refractivity contribution in [2.75, 3.05) is 39.8 Å². The van der Waals surface area contributed by atoms with Crippen LogP contribution >= 0.6 is 0 Å². The van der Waals surface area contributed by atoms with Gasteiger partial charge in [0.15, 0.2) is 6.29 Å². The van der Waals surface area contributed by atoms with Crippen molar-refractivity contribution in [1.29, 1.82) is 0 Å². The number of hydrogen-bond acceptors (Lipinski definition) is 8. The highest BCUT2D eigenvalue weighted by Crippen LogP contribution is 2.29. The van der Waals surface area contributed by atoms with Gasteiger partial charge in [-0.25, -0.2) is 4.98 Å². The maximum atomic E-state index is 9.58. The van der Waals surface area contributed by atoms with Crippen LogP contribution in [0.25, 0.3) is 22.2 Å². The molecule has 4 aromatic rings. The number of likely N-dealkylation sites (N-methyl/N-ethyl adjacent to an activating group) is 1. The van der Waals surface area contributed by atoms with Crippen molar-refractivity contribution in [2.24, 2.45) is 0 Å². The molecule has 1 aromatic carbocycles. The summed E-state index contributed by atoms with van der Waals surface area (Å²) in [5, 5.41) is 16.5. The summed E-state index contributed by atoms with van der Waals surface area (Å²) < 4.78 is 11.7. The first-order valence-corrected chi connectivity index (χ1v) is 12.0. The quantitative estimate of drug-likeness (QED) is 0.376. The van der Waals surface area contributed by atoms with Gasteiger partial charge in [-0.2, -0.15) is 5.10 Å². The summed E-state index contributed by atoms with van der Waals surface area (Å²) in [5.74, 6) is 1.25. The molecule has 0 unspecified atom stereocenters. The zero-order chi connectivity index (χ0) is 25.5. The number of hydrogen-bond donors (Lipinski definition) is 2. The highest BCUT2D eigenvalue weighted by Gasteiger charge is 2.15. The van der Waals surface area contributed by atoms with Crippen LogP contribution in [-0.2, 0) is 11.2 Å². The molecule has 1 aliphatic heterocycles. The molecule has 5 rings (SSSR count). The van der Waals surface area contributed by atoms with Gasteiger partial charge in [-0.1, -0.05) is 0 Å². The first kappa shape index (κ1) is 25.6. The van der Waals surface area contributed by atoms with Crippen LogP contribution in [0, 0.1) is 0 Å². The van der Waals surface area contributed by atoms with E-state index in [9.17, 15) is 4.79 Å². The summed E-state index contributed by atoms with van der Waals surface area (Å²) in [6, 6.07) is 11.7. The SMILES string of the molecule is CC(C)(O)C=O.CN1CCN(CCc2coc3cc(Oc4ccc(-c5ccn[nH]5)cn4)ccc23)CC1. The lowest BCUT2D eigenvalue weighted by molar-refractivity contribution is -0.120. The Bertz CT molecular complexity index is 1240. The van der Waals surface area contributed by atoms with Gasteiger partial charge in [0.25, 0.3) is 0 Å². The minimum atomic E-state index is -1.14. The van der Waals surface area contributed by atoms with Gasteiger partial charge >= 0.3 is 0 Å². The predicted molar refractivity (Wildman–Crippen MR) is 138 cm³/mol. The van der Waals surface area contributed by atoms with E-state index in [1.165, 1.54) is 19.4 Å². The molecule has 0 bridgehead atoms. The van der Waals surface area contributed by atoms with Crippen molar-refractivity contribution in [3.8, 4) is 22.9 Å². The molecule has 190 valence electrons. The Morgan fingerprint density at radius 3 is 2.58 bits per heavy atom. The fourth-order valence-electron chi connectivity index (χ4n) is 3.81. The minimum absolute atomic E-state index is 0.493. The molecule has 0 aliphatic carbocycles. The largest absolute Gasteiger partial charge is 0.464 e. The molecule has 0 saturated carbocycles. The number of ether oxygens (including phenoxy) is 1. The van der Waals surface area contributed by atoms with Crippen LogP contribution < -0.4 is 4.74 Å². The Morgan fingerprint density at radius 2 is 1.94 bits per heavy atom. The number of H-pyrrole nitrogens is 1. The topological polar surface area (TPSA) is 108 Å². The summed E-state index contributed by atoms with van der Waals surface area (Å²) in [6.45, 7) is 8.48. The highest BCUT2D eigenvalue weighted by molar-refractivity contribution is 5.82. The number of aliphatic hydroxyl groups is 1. The number of aromatic amines is 1. The van der Waals surface area contributed by atoms with Crippen molar-refractivity contribution < 1.29 is 19.1 Å².